The molecule has 2 saturated heterocycles. The van der Waals surface area contributed by atoms with Crippen LogP contribution >= 0.6 is 0 Å². The van der Waals surface area contributed by atoms with E-state index in [1.165, 1.54) is 40.1 Å². The van der Waals surface area contributed by atoms with Crippen molar-refractivity contribution in [1.29, 1.82) is 0 Å². The van der Waals surface area contributed by atoms with Crippen LogP contribution in [0.15, 0.2) is 128 Å². The van der Waals surface area contributed by atoms with Gasteiger partial charge in [0.1, 0.15) is 35.7 Å². The molecule has 8 N–H and O–H groups in total. The van der Waals surface area contributed by atoms with Gasteiger partial charge < -0.3 is 61.8 Å². The second-order valence-corrected chi connectivity index (χ2v) is 22.8. The number of carbonyl (C=O) groups excluding carboxylic acids is 8. The van der Waals surface area contributed by atoms with Gasteiger partial charge in [0.2, 0.25) is 35.4 Å². The van der Waals surface area contributed by atoms with E-state index in [9.17, 15) is 38.4 Å². The van der Waals surface area contributed by atoms with Gasteiger partial charge in [-0.2, -0.15) is 0 Å². The standard InChI is InChI=1S/C62H80N10O10.C2H6/c1-13-37(2)51(39-23-27-45(81-11)28-24-39)69-57(77)47-31-43(35-71(47)59(79)53(61(3,4)5)67-49(73)33-63-9)65-55(75)41-19-21-42(22-20-41)56(76)66-44-32-48(72(36-44)60(80)54(62(6,7)8)68-50(74)34-64-10)58(78)70-52(38-17-15-14-16-18-38)40-25-29-46(82-12)30-26-40;1-2/h13-30,43-44,47-48,51-54,63-64H,1-2,31-36H2,3-12H3,(H,65,75)(H,66,76)(H,67,73)(H,68,74)(H,69,77)(H,70,78);1-2H3. The molecule has 2 aliphatic heterocycles. The molecular formula is C64H86N10O10. The van der Waals surface area contributed by atoms with Crippen LogP contribution in [0.5, 0.6) is 11.5 Å². The second-order valence-electron chi connectivity index (χ2n) is 22.8. The molecule has 2 fully saturated rings. The van der Waals surface area contributed by atoms with Gasteiger partial charge in [0.25, 0.3) is 11.8 Å². The number of carbonyl (C=O) groups is 8. The van der Waals surface area contributed by atoms with E-state index in [2.05, 4.69) is 55.7 Å². The lowest BCUT2D eigenvalue weighted by atomic mass is 9.85. The number of amides is 8. The SMILES string of the molecule is C=CC(=C)C(NC(=O)C1CC(NC(=O)c2ccc(C(=O)NC3CC(C(=O)NC(c4ccccc4)c4ccc(OC)cc4)N(C(=O)C(NC(=O)CNC)C(C)(C)C)C3)cc2)CN1C(=O)C(NC(=O)CNC)C(C)(C)C)c1ccc(OC)cc1.CC. The molecule has 4 aromatic rings. The zero-order valence-electron chi connectivity index (χ0n) is 50.6. The van der Waals surface area contributed by atoms with Crippen LogP contribution in [-0.4, -0.2) is 148 Å². The van der Waals surface area contributed by atoms with E-state index >= 15 is 0 Å². The maximum absolute atomic E-state index is 14.7. The Morgan fingerprint density at radius 1 is 0.560 bits per heavy atom. The largest absolute Gasteiger partial charge is 0.497 e. The van der Waals surface area contributed by atoms with Crippen molar-refractivity contribution in [2.24, 2.45) is 10.8 Å². The second kappa shape index (κ2) is 30.3. The van der Waals surface area contributed by atoms with Crippen LogP contribution in [0.25, 0.3) is 0 Å². The predicted molar refractivity (Wildman–Crippen MR) is 324 cm³/mol. The molecular weight excluding hydrogens is 1070 g/mol. The summed E-state index contributed by atoms with van der Waals surface area (Å²) in [6.07, 6.45) is 1.60. The minimum atomic E-state index is -1.09. The summed E-state index contributed by atoms with van der Waals surface area (Å²) in [4.78, 5) is 115. The summed E-state index contributed by atoms with van der Waals surface area (Å²) in [5.41, 5.74) is 1.55. The Kier molecular flexibility index (Phi) is 23.9. The number of likely N-dealkylation sites (tertiary alicyclic amines) is 2. The van der Waals surface area contributed by atoms with Gasteiger partial charge >= 0.3 is 0 Å². The monoisotopic (exact) mass is 1150 g/mol. The zero-order chi connectivity index (χ0) is 62.1. The van der Waals surface area contributed by atoms with Crippen LogP contribution in [0, 0.1) is 10.8 Å². The highest BCUT2D eigenvalue weighted by atomic mass is 16.5. The number of methoxy groups -OCH3 is 2. The van der Waals surface area contributed by atoms with Crippen molar-refractivity contribution in [2.75, 3.05) is 54.5 Å². The van der Waals surface area contributed by atoms with Crippen LogP contribution in [-0.2, 0) is 28.8 Å². The van der Waals surface area contributed by atoms with E-state index in [4.69, 9.17) is 9.47 Å². The van der Waals surface area contributed by atoms with Gasteiger partial charge in [0, 0.05) is 36.3 Å². The van der Waals surface area contributed by atoms with E-state index in [-0.39, 0.29) is 50.1 Å². The fourth-order valence-corrected chi connectivity index (χ4v) is 10.1. The molecule has 8 atom stereocenters. The summed E-state index contributed by atoms with van der Waals surface area (Å²) in [7, 11) is 6.34. The summed E-state index contributed by atoms with van der Waals surface area (Å²) in [6.45, 7) is 22.7. The van der Waals surface area contributed by atoms with Crippen LogP contribution in [0.2, 0.25) is 0 Å². The van der Waals surface area contributed by atoms with Crippen molar-refractivity contribution in [3.8, 4) is 11.5 Å². The predicted octanol–water partition coefficient (Wildman–Crippen LogP) is 5.13. The molecule has 0 aromatic heterocycles. The Hall–Kier alpha value is -8.36. The third-order valence-electron chi connectivity index (χ3n) is 14.6. The maximum atomic E-state index is 14.7. The Balaban J connectivity index is 0.00000638. The Bertz CT molecular complexity index is 2940. The molecule has 2 aliphatic rings. The van der Waals surface area contributed by atoms with E-state index in [1.807, 2.05) is 97.9 Å². The van der Waals surface area contributed by atoms with E-state index in [0.717, 1.165) is 11.1 Å². The first-order valence-electron chi connectivity index (χ1n) is 28.4. The molecule has 0 radical (unpaired) electrons. The molecule has 8 amide bonds. The van der Waals surface area contributed by atoms with Crippen LogP contribution in [0.3, 0.4) is 0 Å². The first kappa shape index (κ1) is 66.4. The number of likely N-dealkylation sites (N-methyl/N-ethyl adjacent to an activating group) is 2. The molecule has 8 unspecified atom stereocenters. The number of hydrogen-bond acceptors (Lipinski definition) is 12. The van der Waals surface area contributed by atoms with Crippen molar-refractivity contribution in [1.82, 2.24) is 52.3 Å². The number of rotatable bonds is 23. The highest BCUT2D eigenvalue weighted by molar-refractivity contribution is 5.99. The van der Waals surface area contributed by atoms with E-state index < -0.39 is 106 Å². The van der Waals surface area contributed by atoms with Gasteiger partial charge in [-0.25, -0.2) is 0 Å². The maximum Gasteiger partial charge on any atom is 0.251 e. The first-order chi connectivity index (χ1) is 39.9. The van der Waals surface area contributed by atoms with Crippen molar-refractivity contribution >= 4 is 47.3 Å². The summed E-state index contributed by atoms with van der Waals surface area (Å²) in [5, 5.41) is 23.5. The lowest BCUT2D eigenvalue weighted by molar-refractivity contribution is -0.144. The Morgan fingerprint density at radius 2 is 0.940 bits per heavy atom. The highest BCUT2D eigenvalue weighted by Gasteiger charge is 2.47. The Morgan fingerprint density at radius 3 is 1.31 bits per heavy atom. The molecule has 0 saturated carbocycles. The smallest absolute Gasteiger partial charge is 0.251 e. The normalized spacial score (nSPS) is 18.0. The molecule has 2 heterocycles. The molecule has 0 bridgehead atoms. The molecule has 0 aliphatic carbocycles. The summed E-state index contributed by atoms with van der Waals surface area (Å²) < 4.78 is 10.7. The molecule has 84 heavy (non-hydrogen) atoms. The number of ether oxygens (including phenoxy) is 2. The zero-order valence-corrected chi connectivity index (χ0v) is 50.6. The average molecular weight is 1160 g/mol. The minimum absolute atomic E-state index is 0.0220. The molecule has 20 heteroatoms. The number of hydrogen-bond donors (Lipinski definition) is 8. The summed E-state index contributed by atoms with van der Waals surface area (Å²) in [5.74, 6) is -2.63. The molecule has 4 aromatic carbocycles. The lowest BCUT2D eigenvalue weighted by Gasteiger charge is -2.35. The lowest BCUT2D eigenvalue weighted by Crippen LogP contribution is -2.58. The van der Waals surface area contributed by atoms with E-state index in [0.29, 0.717) is 22.6 Å². The fraction of sp³-hybridized carbons (Fsp3) is 0.438. The molecule has 6 rings (SSSR count). The number of nitrogens with one attached hydrogen (secondary N) is 8. The topological polar surface area (TPSA) is 258 Å². The Labute approximate surface area is 494 Å². The van der Waals surface area contributed by atoms with Crippen molar-refractivity contribution in [2.45, 2.75) is 117 Å². The van der Waals surface area contributed by atoms with Gasteiger partial charge in [-0.05, 0) is 109 Å². The van der Waals surface area contributed by atoms with Crippen LogP contribution in [0.1, 0.15) is 118 Å². The van der Waals surface area contributed by atoms with Crippen molar-refractivity contribution in [3.63, 3.8) is 0 Å². The third-order valence-corrected chi connectivity index (χ3v) is 14.6. The quantitative estimate of drug-likeness (QED) is 0.0450. The van der Waals surface area contributed by atoms with Crippen LogP contribution < -0.4 is 52.0 Å². The summed E-state index contributed by atoms with van der Waals surface area (Å²) >= 11 is 0. The molecule has 452 valence electrons. The molecule has 0 spiro atoms. The third kappa shape index (κ3) is 17.4. The number of benzene rings is 4. The van der Waals surface area contributed by atoms with Gasteiger partial charge in [0.05, 0.1) is 39.4 Å². The fourth-order valence-electron chi connectivity index (χ4n) is 10.1. The van der Waals surface area contributed by atoms with Gasteiger partial charge in [-0.3, -0.25) is 38.4 Å². The molecule has 20 nitrogen and oxygen atoms in total. The average Bonchev–Trinajstić information content (AvgIpc) is 4.03. The summed E-state index contributed by atoms with van der Waals surface area (Å²) in [6, 6.07) is 22.7. The van der Waals surface area contributed by atoms with E-state index in [1.54, 1.807) is 64.7 Å². The first-order valence-corrected chi connectivity index (χ1v) is 28.4. The van der Waals surface area contributed by atoms with Crippen LogP contribution in [0.4, 0.5) is 0 Å². The van der Waals surface area contributed by atoms with Gasteiger partial charge in [0.15, 0.2) is 0 Å². The van der Waals surface area contributed by atoms with Crippen molar-refractivity contribution in [3.05, 3.63) is 156 Å². The highest BCUT2D eigenvalue weighted by Crippen LogP contribution is 2.32. The van der Waals surface area contributed by atoms with Gasteiger partial charge in [-0.15, -0.1) is 0 Å². The van der Waals surface area contributed by atoms with Crippen molar-refractivity contribution < 1.29 is 47.8 Å². The minimum Gasteiger partial charge on any atom is -0.497 e. The van der Waals surface area contributed by atoms with Gasteiger partial charge in [-0.1, -0.05) is 129 Å². The number of nitrogens with zero attached hydrogens (tertiary/aromatic N) is 2.